The summed E-state index contributed by atoms with van der Waals surface area (Å²) in [5.41, 5.74) is 6.33. The molecule has 0 radical (unpaired) electrons. The Labute approximate surface area is 118 Å². The van der Waals surface area contributed by atoms with E-state index < -0.39 is 0 Å². The molecule has 5 nitrogen and oxygen atoms in total. The van der Waals surface area contributed by atoms with E-state index in [0.717, 1.165) is 17.1 Å². The van der Waals surface area contributed by atoms with Crippen LogP contribution >= 0.6 is 12.4 Å². The molecule has 3 N–H and O–H groups in total. The van der Waals surface area contributed by atoms with Crippen LogP contribution in [0.5, 0.6) is 11.5 Å². The van der Waals surface area contributed by atoms with Gasteiger partial charge in [0, 0.05) is 13.0 Å². The van der Waals surface area contributed by atoms with Crippen LogP contribution < -0.4 is 20.5 Å². The maximum absolute atomic E-state index is 11.5. The smallest absolute Gasteiger partial charge is 0.221 e. The van der Waals surface area contributed by atoms with Gasteiger partial charge in [-0.1, -0.05) is 6.07 Å². The van der Waals surface area contributed by atoms with Crippen LogP contribution in [0.25, 0.3) is 0 Å². The maximum atomic E-state index is 11.5. The van der Waals surface area contributed by atoms with Crippen LogP contribution in [0, 0.1) is 0 Å². The van der Waals surface area contributed by atoms with Crippen LogP contribution in [0.2, 0.25) is 0 Å². The second kappa shape index (κ2) is 7.21. The summed E-state index contributed by atoms with van der Waals surface area (Å²) in [7, 11) is 0. The maximum Gasteiger partial charge on any atom is 0.221 e. The van der Waals surface area contributed by atoms with Crippen molar-refractivity contribution >= 4 is 18.3 Å². The number of hydrogen-bond acceptors (Lipinski definition) is 4. The van der Waals surface area contributed by atoms with E-state index in [2.05, 4.69) is 5.32 Å². The Bertz CT molecular complexity index is 440. The predicted octanol–water partition coefficient (Wildman–Crippen LogP) is 1.41. The number of amides is 1. The molecule has 0 saturated heterocycles. The van der Waals surface area contributed by atoms with Crippen LogP contribution in [0.4, 0.5) is 0 Å². The predicted molar refractivity (Wildman–Crippen MR) is 74.9 cm³/mol. The van der Waals surface area contributed by atoms with Gasteiger partial charge in [-0.05, 0) is 24.6 Å². The Balaban J connectivity index is 0.00000180. The molecule has 0 fully saturated rings. The average molecular weight is 287 g/mol. The van der Waals surface area contributed by atoms with Crippen molar-refractivity contribution in [2.24, 2.45) is 5.73 Å². The fourth-order valence-electron chi connectivity index (χ4n) is 1.86. The first-order valence-corrected chi connectivity index (χ1v) is 6.09. The molecule has 1 unspecified atom stereocenters. The summed E-state index contributed by atoms with van der Waals surface area (Å²) >= 11 is 0. The van der Waals surface area contributed by atoms with Crippen LogP contribution in [-0.2, 0) is 4.79 Å². The molecule has 0 bridgehead atoms. The second-order valence-electron chi connectivity index (χ2n) is 4.23. The molecule has 6 heteroatoms. The van der Waals surface area contributed by atoms with Crippen LogP contribution in [-0.4, -0.2) is 25.7 Å². The topological polar surface area (TPSA) is 73.6 Å². The number of carbonyl (C=O) groups excluding carboxylic acids is 1. The number of hydrogen-bond donors (Lipinski definition) is 2. The Morgan fingerprint density at radius 3 is 2.74 bits per heavy atom. The summed E-state index contributed by atoms with van der Waals surface area (Å²) in [6.45, 7) is 3.43. The summed E-state index contributed by atoms with van der Waals surface area (Å²) < 4.78 is 11.0. The molecule has 0 saturated carbocycles. The number of rotatable bonds is 4. The fraction of sp³-hybridized carbons (Fsp3) is 0.462. The van der Waals surface area contributed by atoms with Gasteiger partial charge in [0.15, 0.2) is 11.5 Å². The first-order valence-electron chi connectivity index (χ1n) is 6.09. The Hall–Kier alpha value is -1.46. The normalized spacial score (nSPS) is 14.2. The summed E-state index contributed by atoms with van der Waals surface area (Å²) in [6, 6.07) is 5.64. The van der Waals surface area contributed by atoms with Crippen molar-refractivity contribution in [2.75, 3.05) is 19.8 Å². The largest absolute Gasteiger partial charge is 0.486 e. The highest BCUT2D eigenvalue weighted by Crippen LogP contribution is 2.32. The zero-order chi connectivity index (χ0) is 13.0. The molecule has 1 aliphatic rings. The van der Waals surface area contributed by atoms with E-state index in [1.54, 1.807) is 0 Å². The number of benzene rings is 1. The van der Waals surface area contributed by atoms with Crippen molar-refractivity contribution in [1.82, 2.24) is 5.32 Å². The molecule has 19 heavy (non-hydrogen) atoms. The monoisotopic (exact) mass is 286 g/mol. The van der Waals surface area contributed by atoms with E-state index in [0.29, 0.717) is 26.2 Å². The summed E-state index contributed by atoms with van der Waals surface area (Å²) in [5, 5.41) is 2.89. The van der Waals surface area contributed by atoms with Crippen molar-refractivity contribution in [2.45, 2.75) is 19.4 Å². The van der Waals surface area contributed by atoms with Gasteiger partial charge in [0.2, 0.25) is 5.91 Å². The van der Waals surface area contributed by atoms with Gasteiger partial charge < -0.3 is 20.5 Å². The van der Waals surface area contributed by atoms with Crippen molar-refractivity contribution in [1.29, 1.82) is 0 Å². The van der Waals surface area contributed by atoms with Gasteiger partial charge >= 0.3 is 0 Å². The fourth-order valence-corrected chi connectivity index (χ4v) is 1.86. The highest BCUT2D eigenvalue weighted by atomic mass is 35.5. The third kappa shape index (κ3) is 4.01. The lowest BCUT2D eigenvalue weighted by atomic mass is 10.1. The number of carbonyl (C=O) groups is 1. The van der Waals surface area contributed by atoms with Crippen molar-refractivity contribution in [3.63, 3.8) is 0 Å². The third-order valence-electron chi connectivity index (χ3n) is 2.82. The van der Waals surface area contributed by atoms with Gasteiger partial charge in [-0.3, -0.25) is 4.79 Å². The molecular formula is C13H19ClN2O3. The average Bonchev–Trinajstić information content (AvgIpc) is 2.38. The number of nitrogens with two attached hydrogens (primary N) is 1. The van der Waals surface area contributed by atoms with E-state index in [1.807, 2.05) is 25.1 Å². The molecule has 2 rings (SSSR count). The Morgan fingerprint density at radius 1 is 1.37 bits per heavy atom. The van der Waals surface area contributed by atoms with Crippen molar-refractivity contribution < 1.29 is 14.3 Å². The lowest BCUT2D eigenvalue weighted by molar-refractivity contribution is -0.121. The summed E-state index contributed by atoms with van der Waals surface area (Å²) in [5.74, 6) is 1.45. The summed E-state index contributed by atoms with van der Waals surface area (Å²) in [6.07, 6.45) is 0.342. The lowest BCUT2D eigenvalue weighted by Gasteiger charge is -2.21. The highest BCUT2D eigenvalue weighted by molar-refractivity contribution is 5.85. The van der Waals surface area contributed by atoms with Gasteiger partial charge in [-0.25, -0.2) is 0 Å². The minimum Gasteiger partial charge on any atom is -0.486 e. The molecule has 1 aromatic rings. The first kappa shape index (κ1) is 15.6. The molecule has 1 atom stereocenters. The molecule has 1 aromatic carbocycles. The molecular weight excluding hydrogens is 268 g/mol. The molecule has 106 valence electrons. The van der Waals surface area contributed by atoms with Crippen LogP contribution in [0.3, 0.4) is 0 Å². The number of fused-ring (bicyclic) bond motifs is 1. The zero-order valence-corrected chi connectivity index (χ0v) is 11.7. The minimum absolute atomic E-state index is 0. The molecule has 1 heterocycles. The molecule has 1 aliphatic heterocycles. The second-order valence-corrected chi connectivity index (χ2v) is 4.23. The van der Waals surface area contributed by atoms with E-state index in [4.69, 9.17) is 15.2 Å². The van der Waals surface area contributed by atoms with Crippen molar-refractivity contribution in [3.8, 4) is 11.5 Å². The van der Waals surface area contributed by atoms with Gasteiger partial charge in [0.05, 0.1) is 6.04 Å². The van der Waals surface area contributed by atoms with Crippen molar-refractivity contribution in [3.05, 3.63) is 23.8 Å². The molecule has 0 spiro atoms. The van der Waals surface area contributed by atoms with Gasteiger partial charge in [0.1, 0.15) is 13.2 Å². The van der Waals surface area contributed by atoms with E-state index >= 15 is 0 Å². The van der Waals surface area contributed by atoms with Gasteiger partial charge in [0.25, 0.3) is 0 Å². The lowest BCUT2D eigenvalue weighted by Crippen LogP contribution is -2.28. The molecule has 0 aliphatic carbocycles. The van der Waals surface area contributed by atoms with Gasteiger partial charge in [-0.15, -0.1) is 12.4 Å². The third-order valence-corrected chi connectivity index (χ3v) is 2.82. The summed E-state index contributed by atoms with van der Waals surface area (Å²) in [4.78, 5) is 11.5. The van der Waals surface area contributed by atoms with E-state index in [-0.39, 0.29) is 24.4 Å². The molecule has 1 amide bonds. The SMILES string of the molecule is CC(NC(=O)CCN)c1ccc2c(c1)OCCO2.Cl. The van der Waals surface area contributed by atoms with Gasteiger partial charge in [-0.2, -0.15) is 0 Å². The number of halogens is 1. The highest BCUT2D eigenvalue weighted by Gasteiger charge is 2.15. The van der Waals surface area contributed by atoms with Crippen LogP contribution in [0.15, 0.2) is 18.2 Å². The van der Waals surface area contributed by atoms with E-state index in [9.17, 15) is 4.79 Å². The quantitative estimate of drug-likeness (QED) is 0.878. The zero-order valence-electron chi connectivity index (χ0n) is 10.8. The van der Waals surface area contributed by atoms with Crippen LogP contribution in [0.1, 0.15) is 24.9 Å². The Kier molecular flexibility index (Phi) is 5.92. The standard InChI is InChI=1S/C13H18N2O3.ClH/c1-9(15-13(16)4-5-14)10-2-3-11-12(8-10)18-7-6-17-11;/h2-3,8-9H,4-7,14H2,1H3,(H,15,16);1H. The number of nitrogens with one attached hydrogen (secondary N) is 1. The Morgan fingerprint density at radius 2 is 2.05 bits per heavy atom. The number of ether oxygens (including phenoxy) is 2. The molecule has 0 aromatic heterocycles. The first-order chi connectivity index (χ1) is 8.70. The van der Waals surface area contributed by atoms with E-state index in [1.165, 1.54) is 0 Å². The minimum atomic E-state index is -0.0696.